The van der Waals surface area contributed by atoms with Gasteiger partial charge in [-0.05, 0) is 66.9 Å². The monoisotopic (exact) mass is 516 g/mol. The van der Waals surface area contributed by atoms with Gasteiger partial charge >= 0.3 is 0 Å². The molecule has 4 rings (SSSR count). The highest BCUT2D eigenvalue weighted by Gasteiger charge is 2.22. The number of anilines is 2. The molecule has 0 bridgehead atoms. The van der Waals surface area contributed by atoms with Gasteiger partial charge in [0.15, 0.2) is 0 Å². The highest BCUT2D eigenvalue weighted by molar-refractivity contribution is 6.01. The average Bonchev–Trinajstić information content (AvgIpc) is 3.36. The molecule has 38 heavy (non-hydrogen) atoms. The van der Waals surface area contributed by atoms with Crippen molar-refractivity contribution in [3.8, 4) is 11.3 Å². The third-order valence-electron chi connectivity index (χ3n) is 6.36. The number of amides is 2. The van der Waals surface area contributed by atoms with E-state index in [9.17, 15) is 19.7 Å². The van der Waals surface area contributed by atoms with Gasteiger partial charge in [-0.25, -0.2) is 0 Å². The molecule has 2 heterocycles. The summed E-state index contributed by atoms with van der Waals surface area (Å²) in [5.74, 6) is 1.02. The first-order valence-corrected chi connectivity index (χ1v) is 12.7. The molecule has 198 valence electrons. The molecule has 1 saturated heterocycles. The van der Waals surface area contributed by atoms with Gasteiger partial charge in [-0.15, -0.1) is 0 Å². The molecule has 0 atom stereocenters. The number of aryl methyl sites for hydroxylation is 1. The summed E-state index contributed by atoms with van der Waals surface area (Å²) in [6.07, 6.45) is 3.46. The van der Waals surface area contributed by atoms with E-state index in [4.69, 9.17) is 4.42 Å². The zero-order valence-corrected chi connectivity index (χ0v) is 21.8. The average molecular weight is 517 g/mol. The van der Waals surface area contributed by atoms with Crippen molar-refractivity contribution in [3.63, 3.8) is 0 Å². The Balaban J connectivity index is 1.31. The zero-order valence-electron chi connectivity index (χ0n) is 21.8. The number of benzene rings is 2. The van der Waals surface area contributed by atoms with Crippen molar-refractivity contribution in [2.75, 3.05) is 36.4 Å². The van der Waals surface area contributed by atoms with Gasteiger partial charge in [-0.2, -0.15) is 0 Å². The molecule has 1 aromatic heterocycles. The number of furan rings is 1. The molecule has 3 aromatic rings. The van der Waals surface area contributed by atoms with Crippen LogP contribution in [0.25, 0.3) is 17.4 Å². The maximum absolute atomic E-state index is 12.4. The van der Waals surface area contributed by atoms with Crippen molar-refractivity contribution < 1.29 is 18.9 Å². The van der Waals surface area contributed by atoms with Crippen molar-refractivity contribution in [1.29, 1.82) is 0 Å². The lowest BCUT2D eigenvalue weighted by Gasteiger charge is -2.36. The van der Waals surface area contributed by atoms with Crippen LogP contribution in [0.2, 0.25) is 0 Å². The quantitative estimate of drug-likeness (QED) is 0.240. The van der Waals surface area contributed by atoms with E-state index in [2.05, 4.69) is 24.1 Å². The highest BCUT2D eigenvalue weighted by Crippen LogP contribution is 2.32. The topological polar surface area (TPSA) is 109 Å². The van der Waals surface area contributed by atoms with Gasteiger partial charge in [0.1, 0.15) is 11.5 Å². The molecule has 9 nitrogen and oxygen atoms in total. The SMILES string of the molecule is Cc1ccc(-c2ccc(/C=C/C(=O)Nc3ccc(N4CCN(C(=O)CC(C)C)CC4)cc3)o2)c([N+](=O)[O-])c1. The Morgan fingerprint density at radius 1 is 1.05 bits per heavy atom. The number of rotatable bonds is 8. The number of nitrogens with zero attached hydrogens (tertiary/aromatic N) is 3. The lowest BCUT2D eigenvalue weighted by molar-refractivity contribution is -0.384. The highest BCUT2D eigenvalue weighted by atomic mass is 16.6. The van der Waals surface area contributed by atoms with Crippen LogP contribution in [-0.4, -0.2) is 47.8 Å². The Morgan fingerprint density at radius 3 is 2.42 bits per heavy atom. The maximum Gasteiger partial charge on any atom is 0.280 e. The lowest BCUT2D eigenvalue weighted by Crippen LogP contribution is -2.49. The Labute approximate surface area is 221 Å². The minimum absolute atomic E-state index is 0.0300. The summed E-state index contributed by atoms with van der Waals surface area (Å²) in [5, 5.41) is 14.2. The van der Waals surface area contributed by atoms with E-state index in [-0.39, 0.29) is 17.5 Å². The third-order valence-corrected chi connectivity index (χ3v) is 6.36. The third kappa shape index (κ3) is 6.67. The Hall–Kier alpha value is -4.40. The number of hydrogen-bond donors (Lipinski definition) is 1. The minimum Gasteiger partial charge on any atom is -0.456 e. The van der Waals surface area contributed by atoms with Crippen LogP contribution in [0.4, 0.5) is 17.1 Å². The summed E-state index contributed by atoms with van der Waals surface area (Å²) in [6.45, 7) is 8.86. The summed E-state index contributed by atoms with van der Waals surface area (Å²) < 4.78 is 5.72. The van der Waals surface area contributed by atoms with E-state index in [0.29, 0.717) is 48.2 Å². The number of nitrogens with one attached hydrogen (secondary N) is 1. The van der Waals surface area contributed by atoms with Gasteiger partial charge in [0.05, 0.1) is 10.5 Å². The second kappa shape index (κ2) is 11.8. The molecule has 1 aliphatic rings. The Morgan fingerprint density at radius 2 is 1.76 bits per heavy atom. The lowest BCUT2D eigenvalue weighted by atomic mass is 10.1. The van der Waals surface area contributed by atoms with Crippen LogP contribution >= 0.6 is 0 Å². The second-order valence-electron chi connectivity index (χ2n) is 9.81. The molecule has 9 heteroatoms. The zero-order chi connectivity index (χ0) is 27.2. The van der Waals surface area contributed by atoms with E-state index in [0.717, 1.165) is 24.3 Å². The van der Waals surface area contributed by atoms with Crippen LogP contribution in [0.5, 0.6) is 0 Å². The molecule has 2 amide bonds. The summed E-state index contributed by atoms with van der Waals surface area (Å²) in [5.41, 5.74) is 2.84. The summed E-state index contributed by atoms with van der Waals surface area (Å²) in [7, 11) is 0. The predicted octanol–water partition coefficient (Wildman–Crippen LogP) is 5.51. The molecule has 0 spiro atoms. The fraction of sp³-hybridized carbons (Fsp3) is 0.310. The van der Waals surface area contributed by atoms with Crippen molar-refractivity contribution in [3.05, 3.63) is 82.1 Å². The molecule has 1 fully saturated rings. The minimum atomic E-state index is -0.437. The molecule has 0 radical (unpaired) electrons. The van der Waals surface area contributed by atoms with E-state index >= 15 is 0 Å². The van der Waals surface area contributed by atoms with Crippen LogP contribution in [0.3, 0.4) is 0 Å². The fourth-order valence-electron chi connectivity index (χ4n) is 4.38. The van der Waals surface area contributed by atoms with Gasteiger partial charge < -0.3 is 19.5 Å². The normalized spacial score (nSPS) is 13.8. The smallest absolute Gasteiger partial charge is 0.280 e. The van der Waals surface area contributed by atoms with Crippen LogP contribution in [0.15, 0.2) is 65.1 Å². The van der Waals surface area contributed by atoms with E-state index in [1.807, 2.05) is 29.2 Å². The van der Waals surface area contributed by atoms with E-state index < -0.39 is 4.92 Å². The molecule has 2 aromatic carbocycles. The number of nitro benzene ring substituents is 1. The summed E-state index contributed by atoms with van der Waals surface area (Å²) in [4.78, 5) is 39.9. The second-order valence-corrected chi connectivity index (χ2v) is 9.81. The van der Waals surface area contributed by atoms with Crippen molar-refractivity contribution in [2.45, 2.75) is 27.2 Å². The standard InChI is InChI=1S/C29H32N4O5/c1-20(2)18-29(35)32-16-14-31(15-17-32)23-7-5-22(6-8-23)30-28(34)13-10-24-9-12-27(38-24)25-11-4-21(3)19-26(25)33(36)37/h4-13,19-20H,14-18H2,1-3H3,(H,30,34)/b13-10+. The summed E-state index contributed by atoms with van der Waals surface area (Å²) >= 11 is 0. The van der Waals surface area contributed by atoms with E-state index in [1.54, 1.807) is 31.2 Å². The predicted molar refractivity (Wildman–Crippen MR) is 148 cm³/mol. The van der Waals surface area contributed by atoms with Crippen molar-refractivity contribution >= 4 is 35.0 Å². The van der Waals surface area contributed by atoms with Gasteiger partial charge in [-0.1, -0.05) is 19.9 Å². The number of nitro groups is 1. The number of carbonyl (C=O) groups excluding carboxylic acids is 2. The van der Waals surface area contributed by atoms with Gasteiger partial charge in [0, 0.05) is 56.1 Å². The number of piperazine rings is 1. The molecule has 0 unspecified atom stereocenters. The first-order chi connectivity index (χ1) is 18.2. The fourth-order valence-corrected chi connectivity index (χ4v) is 4.38. The Kier molecular flexibility index (Phi) is 8.25. The van der Waals surface area contributed by atoms with Crippen LogP contribution in [-0.2, 0) is 9.59 Å². The van der Waals surface area contributed by atoms with Crippen molar-refractivity contribution in [1.82, 2.24) is 4.90 Å². The van der Waals surface area contributed by atoms with Gasteiger partial charge in [0.2, 0.25) is 11.8 Å². The number of hydrogen-bond acceptors (Lipinski definition) is 6. The largest absolute Gasteiger partial charge is 0.456 e. The molecular formula is C29H32N4O5. The summed E-state index contributed by atoms with van der Waals surface area (Å²) in [6, 6.07) is 15.9. The first kappa shape index (κ1) is 26.7. The first-order valence-electron chi connectivity index (χ1n) is 12.7. The number of carbonyl (C=O) groups is 2. The molecular weight excluding hydrogens is 484 g/mol. The van der Waals surface area contributed by atoms with Crippen LogP contribution in [0, 0.1) is 23.0 Å². The molecule has 1 aliphatic heterocycles. The molecule has 0 saturated carbocycles. The van der Waals surface area contributed by atoms with E-state index in [1.165, 1.54) is 18.2 Å². The molecule has 1 N–H and O–H groups in total. The van der Waals surface area contributed by atoms with Crippen LogP contribution < -0.4 is 10.2 Å². The van der Waals surface area contributed by atoms with Crippen molar-refractivity contribution in [2.24, 2.45) is 5.92 Å². The molecule has 0 aliphatic carbocycles. The van der Waals surface area contributed by atoms with Gasteiger partial charge in [0.25, 0.3) is 5.69 Å². The van der Waals surface area contributed by atoms with Crippen LogP contribution in [0.1, 0.15) is 31.6 Å². The van der Waals surface area contributed by atoms with Gasteiger partial charge in [-0.3, -0.25) is 19.7 Å². The Bertz CT molecular complexity index is 1340. The maximum atomic E-state index is 12.4.